The molecule has 224 valence electrons. The first-order valence-electron chi connectivity index (χ1n) is 12.7. The number of aliphatic hydroxyl groups excluding tert-OH is 5. The third-order valence-corrected chi connectivity index (χ3v) is 6.77. The van der Waals surface area contributed by atoms with Gasteiger partial charge in [0.2, 0.25) is 0 Å². The number of unbranched alkanes of at least 4 members (excludes halogenated alkanes) is 5. The SMILES string of the molecule is CCCCCCCCO[C@@H]1O[C@H](CO)[C@@H](O[C@@H]2O[C@H](COP(=O)([O-])O)[C@H](O)[C@H](O)[C@H]2O)[C@H](O)[C@H]1N=C(C)[O-].[Na+].[Na+]. The molecule has 2 rings (SSSR count). The predicted octanol–water partition coefficient (Wildman–Crippen LogP) is -8.73. The van der Waals surface area contributed by atoms with Crippen LogP contribution in [0, 0.1) is 0 Å². The van der Waals surface area contributed by atoms with E-state index >= 15 is 0 Å². The number of rotatable bonds is 15. The number of aliphatic imine (C=N–C) groups is 1. The van der Waals surface area contributed by atoms with Crippen LogP contribution in [0.5, 0.6) is 0 Å². The van der Waals surface area contributed by atoms with E-state index in [0.717, 1.165) is 39.0 Å². The Balaban J connectivity index is 0.00000760. The molecule has 0 saturated carbocycles. The number of nitrogens with zero attached hydrogens (tertiary/aromatic N) is 1. The van der Waals surface area contributed by atoms with Crippen molar-refractivity contribution in [3.8, 4) is 0 Å². The molecule has 0 bridgehead atoms. The second-order valence-electron chi connectivity index (χ2n) is 9.37. The fraction of sp³-hybridized carbons (Fsp3) is 0.955. The van der Waals surface area contributed by atoms with Crippen LogP contribution in [0.2, 0.25) is 0 Å². The maximum atomic E-state index is 11.8. The Kier molecular flexibility index (Phi) is 20.9. The molecular formula is C22H40NNa2O14P. The molecular weight excluding hydrogens is 579 g/mol. The van der Waals surface area contributed by atoms with Crippen LogP contribution in [0.4, 0.5) is 0 Å². The number of hydrogen-bond acceptors (Lipinski definition) is 14. The monoisotopic (exact) mass is 619 g/mol. The average Bonchev–Trinajstić information content (AvgIpc) is 2.85. The van der Waals surface area contributed by atoms with E-state index in [2.05, 4.69) is 16.4 Å². The molecule has 1 unspecified atom stereocenters. The molecule has 2 saturated heterocycles. The van der Waals surface area contributed by atoms with Crippen LogP contribution >= 0.6 is 7.82 Å². The number of phosphoric ester groups is 1. The zero-order valence-corrected chi connectivity index (χ0v) is 28.4. The van der Waals surface area contributed by atoms with Gasteiger partial charge in [-0.1, -0.05) is 39.0 Å². The molecule has 0 amide bonds. The maximum Gasteiger partial charge on any atom is 1.00 e. The molecule has 0 aliphatic carbocycles. The van der Waals surface area contributed by atoms with Crippen LogP contribution in [0.1, 0.15) is 52.4 Å². The van der Waals surface area contributed by atoms with E-state index in [9.17, 15) is 40.1 Å². The summed E-state index contributed by atoms with van der Waals surface area (Å²) in [5.41, 5.74) is 0. The number of hydrogen-bond donors (Lipinski definition) is 6. The minimum absolute atomic E-state index is 0. The smallest absolute Gasteiger partial charge is 0.862 e. The van der Waals surface area contributed by atoms with Gasteiger partial charge in [-0.05, 0) is 19.2 Å². The van der Waals surface area contributed by atoms with E-state index < -0.39 is 88.3 Å². The van der Waals surface area contributed by atoms with Crippen molar-refractivity contribution in [1.82, 2.24) is 0 Å². The first-order chi connectivity index (χ1) is 17.9. The Hall–Kier alpha value is 1.22. The fourth-order valence-corrected chi connectivity index (χ4v) is 4.61. The van der Waals surface area contributed by atoms with Crippen LogP contribution < -0.4 is 69.1 Å². The molecule has 0 aromatic heterocycles. The molecule has 0 radical (unpaired) electrons. The summed E-state index contributed by atoms with van der Waals surface area (Å²) in [4.78, 5) is 23.6. The minimum atomic E-state index is -5.20. The summed E-state index contributed by atoms with van der Waals surface area (Å²) >= 11 is 0. The summed E-state index contributed by atoms with van der Waals surface area (Å²) in [5.74, 6) is -0.636. The zero-order chi connectivity index (χ0) is 28.5. The summed E-state index contributed by atoms with van der Waals surface area (Å²) < 4.78 is 37.5. The fourth-order valence-electron chi connectivity index (χ4n) is 4.28. The number of ether oxygens (including phenoxy) is 4. The molecule has 2 aliphatic heterocycles. The van der Waals surface area contributed by atoms with E-state index in [1.807, 2.05) is 0 Å². The van der Waals surface area contributed by atoms with Crippen LogP contribution in [0.15, 0.2) is 4.99 Å². The topological polar surface area (TPSA) is 243 Å². The second-order valence-corrected chi connectivity index (χ2v) is 10.6. The summed E-state index contributed by atoms with van der Waals surface area (Å²) in [6, 6.07) is -1.27. The van der Waals surface area contributed by atoms with Crippen molar-refractivity contribution in [2.75, 3.05) is 19.8 Å². The Labute approximate surface area is 278 Å². The van der Waals surface area contributed by atoms with Gasteiger partial charge in [0.1, 0.15) is 48.8 Å². The third kappa shape index (κ3) is 13.1. The van der Waals surface area contributed by atoms with Crippen molar-refractivity contribution < 1.29 is 128 Å². The molecule has 11 atom stereocenters. The van der Waals surface area contributed by atoms with Crippen molar-refractivity contribution in [2.24, 2.45) is 4.99 Å². The molecule has 2 heterocycles. The molecule has 0 aromatic carbocycles. The van der Waals surface area contributed by atoms with Crippen LogP contribution in [-0.4, -0.2) is 117 Å². The Morgan fingerprint density at radius 2 is 1.52 bits per heavy atom. The maximum absolute atomic E-state index is 11.8. The van der Waals surface area contributed by atoms with Gasteiger partial charge in [-0.3, -0.25) is 9.56 Å². The van der Waals surface area contributed by atoms with Gasteiger partial charge in [-0.25, -0.2) is 0 Å². The van der Waals surface area contributed by atoms with E-state index in [1.54, 1.807) is 0 Å². The van der Waals surface area contributed by atoms with Gasteiger partial charge in [0.15, 0.2) is 12.6 Å². The molecule has 0 spiro atoms. The molecule has 2 fully saturated rings. The van der Waals surface area contributed by atoms with Crippen LogP contribution in [0.3, 0.4) is 0 Å². The van der Waals surface area contributed by atoms with Gasteiger partial charge in [0, 0.05) is 6.61 Å². The first-order valence-corrected chi connectivity index (χ1v) is 14.2. The Morgan fingerprint density at radius 1 is 0.925 bits per heavy atom. The molecule has 18 heteroatoms. The van der Waals surface area contributed by atoms with E-state index in [1.165, 1.54) is 0 Å². The molecule has 2 aliphatic rings. The van der Waals surface area contributed by atoms with E-state index in [4.69, 9.17) is 23.8 Å². The van der Waals surface area contributed by atoms with Gasteiger partial charge in [0.05, 0.1) is 13.2 Å². The number of aliphatic hydroxyl groups is 5. The van der Waals surface area contributed by atoms with Crippen molar-refractivity contribution in [3.05, 3.63) is 0 Å². The predicted molar refractivity (Wildman–Crippen MR) is 125 cm³/mol. The van der Waals surface area contributed by atoms with Gasteiger partial charge in [-0.2, -0.15) is 0 Å². The van der Waals surface area contributed by atoms with Crippen LogP contribution in [-0.2, 0) is 28.0 Å². The van der Waals surface area contributed by atoms with Gasteiger partial charge < -0.3 is 63.9 Å². The Morgan fingerprint density at radius 3 is 2.10 bits per heavy atom. The zero-order valence-electron chi connectivity index (χ0n) is 23.5. The summed E-state index contributed by atoms with van der Waals surface area (Å²) in [6.07, 6.45) is -8.45. The van der Waals surface area contributed by atoms with E-state index in [-0.39, 0.29) is 65.7 Å². The quantitative estimate of drug-likeness (QED) is 0.0328. The van der Waals surface area contributed by atoms with Crippen molar-refractivity contribution in [1.29, 1.82) is 0 Å². The van der Waals surface area contributed by atoms with Crippen molar-refractivity contribution >= 4 is 13.7 Å². The molecule has 0 aromatic rings. The van der Waals surface area contributed by atoms with Gasteiger partial charge in [0.25, 0.3) is 7.82 Å². The molecule has 15 nitrogen and oxygen atoms in total. The first kappa shape index (κ1) is 41.2. The second kappa shape index (κ2) is 20.3. The molecule has 6 N–H and O–H groups in total. The minimum Gasteiger partial charge on any atom is -0.862 e. The van der Waals surface area contributed by atoms with Crippen molar-refractivity contribution in [2.45, 2.75) is 114 Å². The van der Waals surface area contributed by atoms with Gasteiger partial charge >= 0.3 is 59.1 Å². The number of phosphoric acid groups is 1. The summed E-state index contributed by atoms with van der Waals surface area (Å²) in [7, 11) is -5.20. The summed E-state index contributed by atoms with van der Waals surface area (Å²) in [6.45, 7) is 1.92. The summed E-state index contributed by atoms with van der Waals surface area (Å²) in [5, 5.41) is 63.3. The Bertz CT molecular complexity index is 776. The standard InChI is InChI=1S/C22H42NO14P.2Na/c1-3-4-5-6-7-8-9-33-21-15(23-12(2)25)17(27)20(13(10-24)35-21)37-22-19(29)18(28)16(26)14(36-22)11-34-38(30,31)32;;/h13-22,24,26-29H,3-11H2,1-2H3,(H,23,25)(H2,30,31,32);;/q;2*+1/p-2/t13-,14-,15-,16+,17-,18+,19-,20-,21-,22+;;/m1../s1. The average molecular weight is 620 g/mol. The van der Waals surface area contributed by atoms with Crippen LogP contribution in [0.25, 0.3) is 0 Å². The van der Waals surface area contributed by atoms with E-state index in [0.29, 0.717) is 6.42 Å². The largest absolute Gasteiger partial charge is 1.00 e. The van der Waals surface area contributed by atoms with Gasteiger partial charge in [-0.15, -0.1) is 0 Å². The van der Waals surface area contributed by atoms with Crippen molar-refractivity contribution in [3.63, 3.8) is 0 Å². The molecule has 40 heavy (non-hydrogen) atoms. The normalized spacial score (nSPS) is 36.3. The third-order valence-electron chi connectivity index (χ3n) is 6.29.